The lowest BCUT2D eigenvalue weighted by Crippen LogP contribution is -2.38. The van der Waals surface area contributed by atoms with Gasteiger partial charge in [0.15, 0.2) is 5.96 Å². The fourth-order valence-electron chi connectivity index (χ4n) is 2.80. The smallest absolute Gasteiger partial charge is 0.191 e. The molecule has 0 bridgehead atoms. The molecule has 2 rings (SSSR count). The fraction of sp³-hybridized carbons (Fsp3) is 0.667. The van der Waals surface area contributed by atoms with Crippen LogP contribution in [-0.4, -0.2) is 51.6 Å². The molecule has 1 fully saturated rings. The van der Waals surface area contributed by atoms with Crippen molar-refractivity contribution in [2.75, 3.05) is 39.5 Å². The van der Waals surface area contributed by atoms with E-state index in [0.717, 1.165) is 69.6 Å². The number of hydrogen-bond acceptors (Lipinski definition) is 4. The molecule has 0 spiro atoms. The summed E-state index contributed by atoms with van der Waals surface area (Å²) in [5.41, 5.74) is 1.16. The van der Waals surface area contributed by atoms with E-state index in [4.69, 9.17) is 14.2 Å². The molecule has 1 atom stereocenters. The summed E-state index contributed by atoms with van der Waals surface area (Å²) in [5, 5.41) is 6.65. The van der Waals surface area contributed by atoms with Gasteiger partial charge in [0.1, 0.15) is 5.75 Å². The predicted octanol–water partition coefficient (Wildman–Crippen LogP) is 2.97. The molecule has 1 aliphatic heterocycles. The average molecular weight is 378 g/mol. The summed E-state index contributed by atoms with van der Waals surface area (Å²) in [6.07, 6.45) is 2.27. The Morgan fingerprint density at radius 3 is 2.74 bits per heavy atom. The lowest BCUT2D eigenvalue weighted by Gasteiger charge is -2.13. The second-order valence-corrected chi connectivity index (χ2v) is 7.09. The average Bonchev–Trinajstić information content (AvgIpc) is 3.16. The van der Waals surface area contributed by atoms with Crippen molar-refractivity contribution in [3.63, 3.8) is 0 Å². The molecule has 152 valence electrons. The van der Waals surface area contributed by atoms with Gasteiger partial charge < -0.3 is 24.8 Å². The minimum atomic E-state index is 0.189. The molecule has 0 radical (unpaired) electrons. The molecule has 0 saturated carbocycles. The Bertz CT molecular complexity index is 540. The first kappa shape index (κ1) is 21.5. The van der Waals surface area contributed by atoms with Gasteiger partial charge in [0.25, 0.3) is 0 Å². The second-order valence-electron chi connectivity index (χ2n) is 7.09. The molecular weight excluding hydrogens is 342 g/mol. The summed E-state index contributed by atoms with van der Waals surface area (Å²) in [4.78, 5) is 4.65. The highest BCUT2D eigenvalue weighted by molar-refractivity contribution is 5.79. The summed E-state index contributed by atoms with van der Waals surface area (Å²) in [6.45, 7) is 11.7. The van der Waals surface area contributed by atoms with Crippen LogP contribution in [0.15, 0.2) is 29.3 Å². The summed E-state index contributed by atoms with van der Waals surface area (Å²) >= 11 is 0. The number of rotatable bonds is 11. The SMILES string of the molecule is CCNC(=NCc1ccc(OC(C)C)cc1)NCCCOCC1CCOC1. The Morgan fingerprint density at radius 2 is 2.07 bits per heavy atom. The minimum absolute atomic E-state index is 0.189. The molecule has 0 aliphatic carbocycles. The third-order valence-corrected chi connectivity index (χ3v) is 4.19. The van der Waals surface area contributed by atoms with E-state index >= 15 is 0 Å². The van der Waals surface area contributed by atoms with Gasteiger partial charge in [0.2, 0.25) is 0 Å². The van der Waals surface area contributed by atoms with E-state index in [2.05, 4.69) is 34.7 Å². The van der Waals surface area contributed by atoms with Crippen molar-refractivity contribution in [3.8, 4) is 5.75 Å². The summed E-state index contributed by atoms with van der Waals surface area (Å²) in [5.74, 6) is 2.31. The van der Waals surface area contributed by atoms with Crippen LogP contribution in [0.5, 0.6) is 5.75 Å². The van der Waals surface area contributed by atoms with E-state index in [9.17, 15) is 0 Å². The van der Waals surface area contributed by atoms with Gasteiger partial charge in [0, 0.05) is 32.2 Å². The first-order valence-electron chi connectivity index (χ1n) is 10.1. The van der Waals surface area contributed by atoms with E-state index in [1.165, 1.54) is 0 Å². The maximum atomic E-state index is 5.74. The Labute approximate surface area is 163 Å². The predicted molar refractivity (Wildman–Crippen MR) is 109 cm³/mol. The van der Waals surface area contributed by atoms with Crippen molar-refractivity contribution in [3.05, 3.63) is 29.8 Å². The molecule has 1 aliphatic rings. The Morgan fingerprint density at radius 1 is 1.26 bits per heavy atom. The lowest BCUT2D eigenvalue weighted by atomic mass is 10.1. The molecule has 1 saturated heterocycles. The standard InChI is InChI=1S/C21H35N3O3/c1-4-22-21(23-11-5-12-25-15-19-10-13-26-16-19)24-14-18-6-8-20(9-7-18)27-17(2)3/h6-9,17,19H,4-5,10-16H2,1-3H3,(H2,22,23,24). The third-order valence-electron chi connectivity index (χ3n) is 4.19. The second kappa shape index (κ2) is 12.6. The maximum absolute atomic E-state index is 5.74. The lowest BCUT2D eigenvalue weighted by molar-refractivity contribution is 0.0888. The Kier molecular flexibility index (Phi) is 10.0. The molecule has 1 aromatic rings. The van der Waals surface area contributed by atoms with Crippen LogP contribution in [0.25, 0.3) is 0 Å². The summed E-state index contributed by atoms with van der Waals surface area (Å²) in [6, 6.07) is 8.12. The van der Waals surface area contributed by atoms with Crippen LogP contribution in [0.2, 0.25) is 0 Å². The highest BCUT2D eigenvalue weighted by Gasteiger charge is 2.15. The highest BCUT2D eigenvalue weighted by Crippen LogP contribution is 2.14. The van der Waals surface area contributed by atoms with E-state index < -0.39 is 0 Å². The Hall–Kier alpha value is -1.79. The zero-order valence-electron chi connectivity index (χ0n) is 17.0. The topological polar surface area (TPSA) is 64.1 Å². The third kappa shape index (κ3) is 9.11. The van der Waals surface area contributed by atoms with Gasteiger partial charge in [0.05, 0.1) is 25.9 Å². The number of guanidine groups is 1. The molecule has 2 N–H and O–H groups in total. The van der Waals surface area contributed by atoms with Gasteiger partial charge in [-0.25, -0.2) is 4.99 Å². The first-order valence-corrected chi connectivity index (χ1v) is 10.1. The zero-order chi connectivity index (χ0) is 19.3. The molecule has 1 unspecified atom stereocenters. The number of aliphatic imine (C=N–C) groups is 1. The minimum Gasteiger partial charge on any atom is -0.491 e. The number of nitrogens with one attached hydrogen (secondary N) is 2. The Balaban J connectivity index is 1.66. The van der Waals surface area contributed by atoms with Gasteiger partial charge in [-0.05, 0) is 51.3 Å². The molecule has 1 aromatic carbocycles. The van der Waals surface area contributed by atoms with Crippen molar-refractivity contribution < 1.29 is 14.2 Å². The molecule has 6 heteroatoms. The molecule has 27 heavy (non-hydrogen) atoms. The number of ether oxygens (including phenoxy) is 3. The summed E-state index contributed by atoms with van der Waals surface area (Å²) < 4.78 is 16.8. The van der Waals surface area contributed by atoms with Gasteiger partial charge in [-0.15, -0.1) is 0 Å². The van der Waals surface area contributed by atoms with Crippen LogP contribution in [-0.2, 0) is 16.0 Å². The maximum Gasteiger partial charge on any atom is 0.191 e. The van der Waals surface area contributed by atoms with Crippen LogP contribution < -0.4 is 15.4 Å². The van der Waals surface area contributed by atoms with Gasteiger partial charge in [-0.1, -0.05) is 12.1 Å². The van der Waals surface area contributed by atoms with Crippen molar-refractivity contribution in [2.24, 2.45) is 10.9 Å². The molecule has 6 nitrogen and oxygen atoms in total. The quantitative estimate of drug-likeness (QED) is 0.353. The van der Waals surface area contributed by atoms with Crippen molar-refractivity contribution >= 4 is 5.96 Å². The first-order chi connectivity index (χ1) is 13.2. The van der Waals surface area contributed by atoms with E-state index in [0.29, 0.717) is 12.5 Å². The normalized spacial score (nSPS) is 17.3. The van der Waals surface area contributed by atoms with Crippen LogP contribution in [0.4, 0.5) is 0 Å². The molecular formula is C21H35N3O3. The molecule has 1 heterocycles. The number of nitrogens with zero attached hydrogens (tertiary/aromatic N) is 1. The molecule has 0 amide bonds. The van der Waals surface area contributed by atoms with Crippen LogP contribution in [0.3, 0.4) is 0 Å². The van der Waals surface area contributed by atoms with Gasteiger partial charge >= 0.3 is 0 Å². The summed E-state index contributed by atoms with van der Waals surface area (Å²) in [7, 11) is 0. The van der Waals surface area contributed by atoms with Crippen LogP contribution in [0, 0.1) is 5.92 Å². The van der Waals surface area contributed by atoms with Crippen molar-refractivity contribution in [2.45, 2.75) is 46.3 Å². The number of hydrogen-bond donors (Lipinski definition) is 2. The fourth-order valence-corrected chi connectivity index (χ4v) is 2.80. The van der Waals surface area contributed by atoms with Crippen molar-refractivity contribution in [1.82, 2.24) is 10.6 Å². The molecule has 0 aromatic heterocycles. The van der Waals surface area contributed by atoms with Gasteiger partial charge in [-0.3, -0.25) is 0 Å². The largest absolute Gasteiger partial charge is 0.491 e. The van der Waals surface area contributed by atoms with Crippen LogP contribution >= 0.6 is 0 Å². The van der Waals surface area contributed by atoms with E-state index in [1.807, 2.05) is 26.0 Å². The number of benzene rings is 1. The zero-order valence-corrected chi connectivity index (χ0v) is 17.0. The van der Waals surface area contributed by atoms with E-state index in [1.54, 1.807) is 0 Å². The van der Waals surface area contributed by atoms with Crippen molar-refractivity contribution in [1.29, 1.82) is 0 Å². The highest BCUT2D eigenvalue weighted by atomic mass is 16.5. The monoisotopic (exact) mass is 377 g/mol. The van der Waals surface area contributed by atoms with Crippen LogP contribution in [0.1, 0.15) is 39.2 Å². The van der Waals surface area contributed by atoms with Gasteiger partial charge in [-0.2, -0.15) is 0 Å². The van der Waals surface area contributed by atoms with E-state index in [-0.39, 0.29) is 6.10 Å².